The van der Waals surface area contributed by atoms with E-state index in [0.717, 1.165) is 43.1 Å². The summed E-state index contributed by atoms with van der Waals surface area (Å²) in [6.45, 7) is 1.54. The van der Waals surface area contributed by atoms with Crippen LogP contribution in [-0.4, -0.2) is 67.4 Å². The van der Waals surface area contributed by atoms with Crippen molar-refractivity contribution in [2.24, 2.45) is 5.92 Å². The summed E-state index contributed by atoms with van der Waals surface area (Å²) in [4.78, 5) is 47.5. The third-order valence-corrected chi connectivity index (χ3v) is 11.9. The number of hydrogen-bond donors (Lipinski definition) is 2. The lowest BCUT2D eigenvalue weighted by atomic mass is 10.0. The molecule has 3 heterocycles. The quantitative estimate of drug-likeness (QED) is 0.239. The number of likely N-dealkylation sites (tertiary alicyclic amines) is 1. The Morgan fingerprint density at radius 3 is 2.55 bits per heavy atom. The summed E-state index contributed by atoms with van der Waals surface area (Å²) in [5.41, 5.74) is 1.42. The minimum Gasteiger partial charge on any atom is -0.497 e. The molecular weight excluding hydrogens is 693 g/mol. The van der Waals surface area contributed by atoms with E-state index in [-0.39, 0.29) is 30.2 Å². The topological polar surface area (TPSA) is 144 Å². The van der Waals surface area contributed by atoms with E-state index in [1.165, 1.54) is 17.9 Å². The molecule has 3 amide bonds. The van der Waals surface area contributed by atoms with Gasteiger partial charge in [-0.15, -0.1) is 0 Å². The molecule has 1 saturated heterocycles. The molecule has 1 saturated carbocycles. The molecule has 4 atom stereocenters. The van der Waals surface area contributed by atoms with Gasteiger partial charge in [0.05, 0.1) is 29.8 Å². The van der Waals surface area contributed by atoms with E-state index >= 15 is 0 Å². The fourth-order valence-electron chi connectivity index (χ4n) is 7.53. The zero-order valence-corrected chi connectivity index (χ0v) is 30.7. The predicted octanol–water partition coefficient (Wildman–Crippen LogP) is 5.72. The van der Waals surface area contributed by atoms with Crippen molar-refractivity contribution >= 4 is 38.6 Å². The summed E-state index contributed by atoms with van der Waals surface area (Å²) in [5.74, 6) is -0.870. The molecule has 1 aromatic heterocycles. The number of benzene rings is 3. The van der Waals surface area contributed by atoms with Crippen LogP contribution in [0.15, 0.2) is 95.9 Å². The van der Waals surface area contributed by atoms with Crippen LogP contribution in [0.25, 0.3) is 22.2 Å². The number of sulfonamides is 1. The van der Waals surface area contributed by atoms with Crippen LogP contribution >= 0.6 is 0 Å². The molecule has 2 N–H and O–H groups in total. The Morgan fingerprint density at radius 1 is 0.981 bits per heavy atom. The third-order valence-electron chi connectivity index (χ3n) is 10.5. The van der Waals surface area contributed by atoms with E-state index in [1.807, 2.05) is 66.7 Å². The van der Waals surface area contributed by atoms with Gasteiger partial charge in [-0.25, -0.2) is 18.1 Å². The fourth-order valence-corrected chi connectivity index (χ4v) is 8.84. The van der Waals surface area contributed by atoms with Gasteiger partial charge in [-0.1, -0.05) is 73.5 Å². The van der Waals surface area contributed by atoms with Gasteiger partial charge in [0.15, 0.2) is 0 Å². The van der Waals surface area contributed by atoms with Gasteiger partial charge in [0.2, 0.25) is 11.8 Å². The van der Waals surface area contributed by atoms with Crippen molar-refractivity contribution < 1.29 is 32.3 Å². The monoisotopic (exact) mass is 736 g/mol. The molecule has 3 aromatic carbocycles. The Morgan fingerprint density at radius 2 is 1.75 bits per heavy atom. The number of pyridine rings is 1. The molecule has 0 unspecified atom stereocenters. The summed E-state index contributed by atoms with van der Waals surface area (Å²) >= 11 is 0. The van der Waals surface area contributed by atoms with Crippen molar-refractivity contribution in [3.05, 3.63) is 96.6 Å². The molecule has 4 aromatic rings. The minimum atomic E-state index is -4.23. The predicted molar refractivity (Wildman–Crippen MR) is 201 cm³/mol. The molecule has 7 rings (SSSR count). The van der Waals surface area contributed by atoms with Crippen LogP contribution in [0.5, 0.6) is 11.5 Å². The number of allylic oxidation sites excluding steroid dienone is 1. The Hall–Kier alpha value is -5.23. The Bertz CT molecular complexity index is 2170. The highest BCUT2D eigenvalue weighted by Gasteiger charge is 2.61. The molecule has 0 radical (unpaired) electrons. The lowest BCUT2D eigenvalue weighted by Crippen LogP contribution is -2.56. The second-order valence-electron chi connectivity index (χ2n) is 14.1. The maximum atomic E-state index is 14.2. The number of amides is 3. The summed E-state index contributed by atoms with van der Waals surface area (Å²) in [7, 11) is -2.64. The number of nitrogens with zero attached hydrogens (tertiary/aromatic N) is 2. The number of ether oxygens (including phenoxy) is 2. The molecule has 2 aliphatic heterocycles. The van der Waals surface area contributed by atoms with E-state index in [4.69, 9.17) is 14.5 Å². The van der Waals surface area contributed by atoms with Gasteiger partial charge >= 0.3 is 0 Å². The molecule has 12 heteroatoms. The van der Waals surface area contributed by atoms with Gasteiger partial charge in [0.25, 0.3) is 15.9 Å². The maximum Gasteiger partial charge on any atom is 0.264 e. The number of hydrogen-bond acceptors (Lipinski definition) is 8. The van der Waals surface area contributed by atoms with E-state index in [2.05, 4.69) is 10.0 Å². The number of aromatic nitrogens is 1. The highest BCUT2D eigenvalue weighted by Crippen LogP contribution is 2.46. The molecule has 53 heavy (non-hydrogen) atoms. The highest BCUT2D eigenvalue weighted by molar-refractivity contribution is 7.90. The lowest BCUT2D eigenvalue weighted by Gasteiger charge is -2.25. The van der Waals surface area contributed by atoms with Crippen LogP contribution in [0.4, 0.5) is 0 Å². The molecular formula is C41H44N4O7S. The second-order valence-corrected chi connectivity index (χ2v) is 15.8. The number of methoxy groups -OCH3 is 1. The lowest BCUT2D eigenvalue weighted by molar-refractivity contribution is -0.138. The molecule has 276 valence electrons. The van der Waals surface area contributed by atoms with Gasteiger partial charge < -0.3 is 19.7 Å². The van der Waals surface area contributed by atoms with E-state index < -0.39 is 45.4 Å². The van der Waals surface area contributed by atoms with Crippen LogP contribution in [0.2, 0.25) is 0 Å². The van der Waals surface area contributed by atoms with E-state index in [9.17, 15) is 22.8 Å². The van der Waals surface area contributed by atoms with Gasteiger partial charge in [-0.2, -0.15) is 0 Å². The van der Waals surface area contributed by atoms with Crippen LogP contribution in [0, 0.1) is 5.92 Å². The first kappa shape index (κ1) is 36.1. The van der Waals surface area contributed by atoms with Crippen LogP contribution in [-0.2, 0) is 30.8 Å². The Balaban J connectivity index is 1.15. The first-order chi connectivity index (χ1) is 25.6. The fraction of sp³-hybridized carbons (Fsp3) is 0.366. The molecule has 2 fully saturated rings. The minimum absolute atomic E-state index is 0.0634. The first-order valence-corrected chi connectivity index (χ1v) is 19.7. The zero-order chi connectivity index (χ0) is 37.2. The standard InChI is InChI=1S/C41H44N4O7S/c1-27(46)45-26-32(52-37-24-34(28-14-9-7-10-15-28)42-35-22-31(51-2)20-21-33(35)37)23-36(45)39(47)43-41-25-30(41)18-11-6-4-3-5-8-16-29-17-12-13-19-38(29)53(49,50)44-40(41)48/h7,9-15,17-22,24,30,32,36H,3-6,8,16,23,25-26H2,1-2H3,(H,43,47)(H,44,48)/t30-,32-,36+,41-/m1/s1. The average molecular weight is 737 g/mol. The van der Waals surface area contributed by atoms with E-state index in [1.54, 1.807) is 25.3 Å². The maximum absolute atomic E-state index is 14.2. The van der Waals surface area contributed by atoms with Gasteiger partial charge in [0, 0.05) is 42.3 Å². The van der Waals surface area contributed by atoms with Crippen molar-refractivity contribution in [1.29, 1.82) is 0 Å². The van der Waals surface area contributed by atoms with Crippen molar-refractivity contribution in [2.75, 3.05) is 13.7 Å². The second kappa shape index (κ2) is 15.0. The number of rotatable bonds is 6. The summed E-state index contributed by atoms with van der Waals surface area (Å²) < 4.78 is 41.6. The van der Waals surface area contributed by atoms with Gasteiger partial charge in [0.1, 0.15) is 29.2 Å². The van der Waals surface area contributed by atoms with Crippen LogP contribution in [0.1, 0.15) is 57.4 Å². The molecule has 3 aliphatic rings. The molecule has 0 spiro atoms. The van der Waals surface area contributed by atoms with Gasteiger partial charge in [-0.05, 0) is 55.9 Å². The van der Waals surface area contributed by atoms with Crippen LogP contribution < -0.4 is 19.5 Å². The molecule has 0 bridgehead atoms. The Kier molecular flexibility index (Phi) is 10.2. The smallest absolute Gasteiger partial charge is 0.264 e. The first-order valence-electron chi connectivity index (χ1n) is 18.2. The van der Waals surface area contributed by atoms with Crippen molar-refractivity contribution in [3.63, 3.8) is 0 Å². The van der Waals surface area contributed by atoms with Crippen molar-refractivity contribution in [1.82, 2.24) is 19.9 Å². The third kappa shape index (κ3) is 7.64. The number of carbonyl (C=O) groups excluding carboxylic acids is 3. The zero-order valence-electron chi connectivity index (χ0n) is 29.9. The normalized spacial score (nSPS) is 24.2. The average Bonchev–Trinajstić information content (AvgIpc) is 3.68. The highest BCUT2D eigenvalue weighted by atomic mass is 32.2. The number of nitrogens with one attached hydrogen (secondary N) is 2. The summed E-state index contributed by atoms with van der Waals surface area (Å²) in [5, 5.41) is 3.66. The molecule has 11 nitrogen and oxygen atoms in total. The van der Waals surface area contributed by atoms with Crippen molar-refractivity contribution in [3.8, 4) is 22.8 Å². The largest absolute Gasteiger partial charge is 0.497 e. The van der Waals surface area contributed by atoms with Gasteiger partial charge in [-0.3, -0.25) is 14.4 Å². The van der Waals surface area contributed by atoms with Crippen molar-refractivity contribution in [2.45, 2.75) is 80.9 Å². The van der Waals surface area contributed by atoms with E-state index in [0.29, 0.717) is 34.7 Å². The number of aryl methyl sites for hydroxylation is 1. The summed E-state index contributed by atoms with van der Waals surface area (Å²) in [6, 6.07) is 22.9. The number of fused-ring (bicyclic) bond motifs is 3. The summed E-state index contributed by atoms with van der Waals surface area (Å²) in [6.07, 6.45) is 8.93. The number of carbonyl (C=O) groups is 3. The Labute approximate surface area is 309 Å². The SMILES string of the molecule is COc1ccc2c(O[C@@H]3C[C@@H](C(=O)N[C@]45C[C@H]4C=CCCCCCCc4ccccc4S(=O)(=O)NC5=O)N(C(C)=O)C3)cc(-c3ccccc3)nc2c1. The van der Waals surface area contributed by atoms with Crippen LogP contribution in [0.3, 0.4) is 0 Å². The molecule has 1 aliphatic carbocycles.